The Labute approximate surface area is 116 Å². The van der Waals surface area contributed by atoms with Crippen LogP contribution in [0, 0.1) is 6.92 Å². The van der Waals surface area contributed by atoms with Crippen LogP contribution in [0.25, 0.3) is 0 Å². The van der Waals surface area contributed by atoms with Crippen LogP contribution in [-0.4, -0.2) is 0 Å². The average molecular weight is 254 g/mol. The Hall–Kier alpha value is -1.76. The number of ether oxygens (including phenoxy) is 1. The molecule has 0 amide bonds. The Balaban J connectivity index is 2.16. The zero-order chi connectivity index (χ0) is 13.9. The third-order valence-electron chi connectivity index (χ3n) is 3.29. The number of hydrogen-bond donors (Lipinski definition) is 0. The molecule has 0 aliphatic rings. The van der Waals surface area contributed by atoms with Gasteiger partial charge in [-0.05, 0) is 35.1 Å². The van der Waals surface area contributed by atoms with Crippen LogP contribution in [0.2, 0.25) is 0 Å². The second-order valence-corrected chi connectivity index (χ2v) is 6.00. The molecule has 1 nitrogen and oxygen atoms in total. The number of aryl methyl sites for hydroxylation is 1. The third-order valence-corrected chi connectivity index (χ3v) is 3.29. The normalized spacial score (nSPS) is 11.4. The summed E-state index contributed by atoms with van der Waals surface area (Å²) in [6.07, 6.45) is 0. The monoisotopic (exact) mass is 254 g/mol. The van der Waals surface area contributed by atoms with Gasteiger partial charge >= 0.3 is 0 Å². The topological polar surface area (TPSA) is 9.23 Å². The van der Waals surface area contributed by atoms with E-state index in [1.54, 1.807) is 0 Å². The van der Waals surface area contributed by atoms with Gasteiger partial charge in [0.2, 0.25) is 0 Å². The number of rotatable bonds is 3. The molecule has 0 saturated carbocycles. The molecule has 0 radical (unpaired) electrons. The summed E-state index contributed by atoms with van der Waals surface area (Å²) in [5.41, 5.74) is 3.84. The fraction of sp³-hybridized carbons (Fsp3) is 0.333. The van der Waals surface area contributed by atoms with Gasteiger partial charge < -0.3 is 4.74 Å². The smallest absolute Gasteiger partial charge is 0.123 e. The summed E-state index contributed by atoms with van der Waals surface area (Å²) in [4.78, 5) is 0. The Bertz CT molecular complexity index is 535. The summed E-state index contributed by atoms with van der Waals surface area (Å²) in [7, 11) is 0. The van der Waals surface area contributed by atoms with Crippen LogP contribution in [0.4, 0.5) is 0 Å². The molecule has 0 fully saturated rings. The van der Waals surface area contributed by atoms with Crippen LogP contribution in [-0.2, 0) is 12.0 Å². The summed E-state index contributed by atoms with van der Waals surface area (Å²) in [5, 5.41) is 0. The second kappa shape index (κ2) is 5.48. The van der Waals surface area contributed by atoms with Crippen molar-refractivity contribution in [1.29, 1.82) is 0 Å². The first-order valence-corrected chi connectivity index (χ1v) is 6.75. The van der Waals surface area contributed by atoms with Crippen molar-refractivity contribution >= 4 is 0 Å². The predicted octanol–water partition coefficient (Wildman–Crippen LogP) is 4.87. The van der Waals surface area contributed by atoms with Gasteiger partial charge in [0.1, 0.15) is 12.4 Å². The molecule has 0 saturated heterocycles. The van der Waals surface area contributed by atoms with Crippen molar-refractivity contribution in [3.8, 4) is 5.75 Å². The van der Waals surface area contributed by atoms with Gasteiger partial charge in [-0.15, -0.1) is 0 Å². The van der Waals surface area contributed by atoms with E-state index in [9.17, 15) is 0 Å². The lowest BCUT2D eigenvalue weighted by atomic mass is 9.86. The molecule has 0 atom stereocenters. The Morgan fingerprint density at radius 3 is 2.26 bits per heavy atom. The number of benzene rings is 2. The fourth-order valence-corrected chi connectivity index (χ4v) is 1.96. The molecule has 1 heteroatoms. The molecule has 2 rings (SSSR count). The first-order valence-electron chi connectivity index (χ1n) is 6.75. The van der Waals surface area contributed by atoms with Crippen molar-refractivity contribution in [1.82, 2.24) is 0 Å². The van der Waals surface area contributed by atoms with E-state index in [-0.39, 0.29) is 5.41 Å². The van der Waals surface area contributed by atoms with Crippen LogP contribution in [0.15, 0.2) is 48.5 Å². The molecule has 0 aliphatic carbocycles. The lowest BCUT2D eigenvalue weighted by Crippen LogP contribution is -2.11. The maximum Gasteiger partial charge on any atom is 0.123 e. The van der Waals surface area contributed by atoms with Crippen LogP contribution in [0.3, 0.4) is 0 Å². The Morgan fingerprint density at radius 1 is 0.947 bits per heavy atom. The maximum absolute atomic E-state index is 5.96. The van der Waals surface area contributed by atoms with Gasteiger partial charge in [-0.1, -0.05) is 63.2 Å². The van der Waals surface area contributed by atoms with E-state index >= 15 is 0 Å². The molecule has 0 bridgehead atoms. The minimum Gasteiger partial charge on any atom is -0.489 e. The van der Waals surface area contributed by atoms with E-state index < -0.39 is 0 Å². The first kappa shape index (κ1) is 13.7. The van der Waals surface area contributed by atoms with Gasteiger partial charge in [-0.3, -0.25) is 0 Å². The summed E-state index contributed by atoms with van der Waals surface area (Å²) in [5.74, 6) is 0.983. The van der Waals surface area contributed by atoms with Gasteiger partial charge in [-0.2, -0.15) is 0 Å². The Kier molecular flexibility index (Phi) is 3.94. The van der Waals surface area contributed by atoms with E-state index in [0.717, 1.165) is 5.75 Å². The van der Waals surface area contributed by atoms with Crippen LogP contribution in [0.1, 0.15) is 37.5 Å². The standard InChI is InChI=1S/C18H22O/c1-14-10-11-16(18(2,3)4)12-17(14)19-13-15-8-6-5-7-9-15/h5-12H,13H2,1-4H3. The maximum atomic E-state index is 5.96. The van der Waals surface area contributed by atoms with E-state index in [4.69, 9.17) is 4.74 Å². The third kappa shape index (κ3) is 3.60. The molecular weight excluding hydrogens is 232 g/mol. The van der Waals surface area contributed by atoms with Crippen molar-refractivity contribution in [2.45, 2.75) is 39.7 Å². The van der Waals surface area contributed by atoms with Crippen molar-refractivity contribution in [2.75, 3.05) is 0 Å². The van der Waals surface area contributed by atoms with E-state index in [1.807, 2.05) is 18.2 Å². The summed E-state index contributed by atoms with van der Waals surface area (Å²) >= 11 is 0. The molecule has 2 aromatic rings. The zero-order valence-corrected chi connectivity index (χ0v) is 12.2. The molecule has 19 heavy (non-hydrogen) atoms. The van der Waals surface area contributed by atoms with Crippen molar-refractivity contribution < 1.29 is 4.74 Å². The van der Waals surface area contributed by atoms with E-state index in [1.165, 1.54) is 16.7 Å². The van der Waals surface area contributed by atoms with Gasteiger partial charge in [0.15, 0.2) is 0 Å². The predicted molar refractivity (Wildman–Crippen MR) is 80.7 cm³/mol. The highest BCUT2D eigenvalue weighted by Crippen LogP contribution is 2.28. The summed E-state index contributed by atoms with van der Waals surface area (Å²) < 4.78 is 5.96. The molecule has 0 unspecified atom stereocenters. The molecule has 0 aromatic heterocycles. The SMILES string of the molecule is Cc1ccc(C(C)(C)C)cc1OCc1ccccc1. The minimum atomic E-state index is 0.151. The van der Waals surface area contributed by atoms with Crippen LogP contribution >= 0.6 is 0 Å². The van der Waals surface area contributed by atoms with Gasteiger partial charge in [0.05, 0.1) is 0 Å². The summed E-state index contributed by atoms with van der Waals surface area (Å²) in [6, 6.07) is 16.8. The number of hydrogen-bond acceptors (Lipinski definition) is 1. The van der Waals surface area contributed by atoms with Crippen molar-refractivity contribution in [2.24, 2.45) is 0 Å². The summed E-state index contributed by atoms with van der Waals surface area (Å²) in [6.45, 7) is 9.37. The van der Waals surface area contributed by atoms with Crippen molar-refractivity contribution in [3.63, 3.8) is 0 Å². The van der Waals surface area contributed by atoms with Gasteiger partial charge in [0.25, 0.3) is 0 Å². The Morgan fingerprint density at radius 2 is 1.63 bits per heavy atom. The van der Waals surface area contributed by atoms with Gasteiger partial charge in [0, 0.05) is 0 Å². The average Bonchev–Trinajstić information content (AvgIpc) is 2.37. The van der Waals surface area contributed by atoms with E-state index in [0.29, 0.717) is 6.61 Å². The fourth-order valence-electron chi connectivity index (χ4n) is 1.96. The molecule has 0 heterocycles. The largest absolute Gasteiger partial charge is 0.489 e. The van der Waals surface area contributed by atoms with Gasteiger partial charge in [-0.25, -0.2) is 0 Å². The highest BCUT2D eigenvalue weighted by molar-refractivity contribution is 5.39. The molecule has 0 aliphatic heterocycles. The molecular formula is C18H22O. The highest BCUT2D eigenvalue weighted by atomic mass is 16.5. The molecule has 100 valence electrons. The van der Waals surface area contributed by atoms with Crippen LogP contribution in [0.5, 0.6) is 5.75 Å². The van der Waals surface area contributed by atoms with E-state index in [2.05, 4.69) is 58.0 Å². The highest BCUT2D eigenvalue weighted by Gasteiger charge is 2.15. The molecule has 2 aromatic carbocycles. The second-order valence-electron chi connectivity index (χ2n) is 6.00. The van der Waals surface area contributed by atoms with Crippen molar-refractivity contribution in [3.05, 3.63) is 65.2 Å². The van der Waals surface area contributed by atoms with Crippen LogP contribution < -0.4 is 4.74 Å². The first-order chi connectivity index (χ1) is 8.97. The lowest BCUT2D eigenvalue weighted by Gasteiger charge is -2.21. The molecule has 0 N–H and O–H groups in total. The zero-order valence-electron chi connectivity index (χ0n) is 12.2. The minimum absolute atomic E-state index is 0.151. The molecule has 0 spiro atoms. The lowest BCUT2D eigenvalue weighted by molar-refractivity contribution is 0.303. The quantitative estimate of drug-likeness (QED) is 0.759.